The van der Waals surface area contributed by atoms with Crippen molar-refractivity contribution in [1.82, 2.24) is 20.4 Å². The number of hydrogen-bond donors (Lipinski definition) is 2. The van der Waals surface area contributed by atoms with Gasteiger partial charge in [0.15, 0.2) is 5.82 Å². The Labute approximate surface area is 135 Å². The van der Waals surface area contributed by atoms with Gasteiger partial charge in [-0.3, -0.25) is 10.3 Å². The molecule has 0 aromatic carbocycles. The van der Waals surface area contributed by atoms with Crippen molar-refractivity contribution < 1.29 is 14.4 Å². The van der Waals surface area contributed by atoms with E-state index >= 15 is 0 Å². The maximum absolute atomic E-state index is 9.96. The Balaban J connectivity index is 1.76. The highest BCUT2D eigenvalue weighted by Crippen LogP contribution is 2.30. The molecule has 7 heteroatoms. The van der Waals surface area contributed by atoms with E-state index in [-0.39, 0.29) is 11.8 Å². The molecule has 3 heterocycles. The summed E-state index contributed by atoms with van der Waals surface area (Å²) >= 11 is 0. The molecule has 1 aliphatic heterocycles. The molecule has 124 valence electrons. The Morgan fingerprint density at radius 2 is 2.04 bits per heavy atom. The number of aromatic hydroxyl groups is 1. The lowest BCUT2D eigenvalue weighted by atomic mass is 9.91. The van der Waals surface area contributed by atoms with Crippen LogP contribution in [-0.2, 0) is 11.3 Å². The van der Waals surface area contributed by atoms with Gasteiger partial charge in [-0.05, 0) is 44.7 Å². The predicted molar refractivity (Wildman–Crippen MR) is 82.8 cm³/mol. The van der Waals surface area contributed by atoms with Crippen molar-refractivity contribution in [2.24, 2.45) is 5.92 Å². The number of rotatable bonds is 5. The minimum atomic E-state index is -0.0678. The van der Waals surface area contributed by atoms with Crippen LogP contribution in [0.5, 0.6) is 5.75 Å². The fourth-order valence-corrected chi connectivity index (χ4v) is 2.88. The average Bonchev–Trinajstić information content (AvgIpc) is 2.98. The summed E-state index contributed by atoms with van der Waals surface area (Å²) in [6, 6.07) is 3.39. The molecule has 23 heavy (non-hydrogen) atoms. The molecular weight excluding hydrogens is 296 g/mol. The Morgan fingerprint density at radius 3 is 2.74 bits per heavy atom. The van der Waals surface area contributed by atoms with Gasteiger partial charge >= 0.3 is 0 Å². The summed E-state index contributed by atoms with van der Waals surface area (Å²) in [6.07, 6.45) is 1.87. The van der Waals surface area contributed by atoms with Crippen LogP contribution in [0.3, 0.4) is 0 Å². The fourth-order valence-electron chi connectivity index (χ4n) is 2.88. The molecule has 2 aromatic heterocycles. The van der Waals surface area contributed by atoms with E-state index in [1.54, 1.807) is 12.1 Å². The number of aromatic nitrogens is 3. The highest BCUT2D eigenvalue weighted by Gasteiger charge is 2.29. The lowest BCUT2D eigenvalue weighted by Gasteiger charge is -2.28. The molecule has 0 saturated carbocycles. The first-order chi connectivity index (χ1) is 11.1. The summed E-state index contributed by atoms with van der Waals surface area (Å²) in [6.45, 7) is 5.63. The normalized spacial score (nSPS) is 17.3. The smallest absolute Gasteiger partial charge is 0.244 e. The van der Waals surface area contributed by atoms with Crippen LogP contribution >= 0.6 is 0 Å². The quantitative estimate of drug-likeness (QED) is 0.871. The molecule has 1 unspecified atom stereocenters. The van der Waals surface area contributed by atoms with Crippen molar-refractivity contribution >= 4 is 0 Å². The molecule has 0 spiro atoms. The van der Waals surface area contributed by atoms with Gasteiger partial charge < -0.3 is 14.4 Å². The van der Waals surface area contributed by atoms with E-state index in [0.29, 0.717) is 29.9 Å². The van der Waals surface area contributed by atoms with Gasteiger partial charge in [-0.25, -0.2) is 0 Å². The van der Waals surface area contributed by atoms with Gasteiger partial charge in [0, 0.05) is 25.5 Å². The molecule has 1 atom stereocenters. The molecule has 0 aliphatic carbocycles. The second kappa shape index (κ2) is 7.06. The van der Waals surface area contributed by atoms with Gasteiger partial charge in [0.2, 0.25) is 5.89 Å². The van der Waals surface area contributed by atoms with Crippen LogP contribution in [0.2, 0.25) is 0 Å². The molecule has 2 aromatic rings. The zero-order chi connectivity index (χ0) is 16.2. The third-order valence-corrected chi connectivity index (χ3v) is 4.13. The van der Waals surface area contributed by atoms with Gasteiger partial charge in [0.05, 0.1) is 11.7 Å². The molecule has 1 fully saturated rings. The van der Waals surface area contributed by atoms with Crippen LogP contribution in [0.15, 0.2) is 16.7 Å². The summed E-state index contributed by atoms with van der Waals surface area (Å²) in [5, 5.41) is 17.3. The van der Waals surface area contributed by atoms with Crippen LogP contribution in [0.4, 0.5) is 0 Å². The Bertz CT molecular complexity index is 653. The molecule has 0 amide bonds. The fraction of sp³-hybridized carbons (Fsp3) is 0.562. The third kappa shape index (κ3) is 3.86. The first-order valence-electron chi connectivity index (χ1n) is 7.90. The molecule has 1 saturated heterocycles. The first kappa shape index (κ1) is 15.9. The zero-order valence-corrected chi connectivity index (χ0v) is 13.5. The largest absolute Gasteiger partial charge is 0.506 e. The highest BCUT2D eigenvalue weighted by atomic mass is 16.5. The summed E-state index contributed by atoms with van der Waals surface area (Å²) < 4.78 is 10.8. The van der Waals surface area contributed by atoms with E-state index in [4.69, 9.17) is 9.26 Å². The summed E-state index contributed by atoms with van der Waals surface area (Å²) in [7, 11) is 0. The molecule has 0 bridgehead atoms. The van der Waals surface area contributed by atoms with E-state index in [2.05, 4.69) is 20.4 Å². The van der Waals surface area contributed by atoms with Crippen molar-refractivity contribution in [3.8, 4) is 5.75 Å². The SMILES string of the molecule is Cc1ccc(O)c(CNC(c2nc(C)no2)C2CCOCC2)n1. The maximum atomic E-state index is 9.96. The minimum Gasteiger partial charge on any atom is -0.506 e. The molecule has 7 nitrogen and oxygen atoms in total. The maximum Gasteiger partial charge on any atom is 0.244 e. The Morgan fingerprint density at radius 1 is 1.26 bits per heavy atom. The molecule has 2 N–H and O–H groups in total. The van der Waals surface area contributed by atoms with Crippen molar-refractivity contribution in [2.75, 3.05) is 13.2 Å². The molecule has 0 radical (unpaired) electrons. The van der Waals surface area contributed by atoms with Crippen LogP contribution < -0.4 is 5.32 Å². The van der Waals surface area contributed by atoms with Crippen LogP contribution in [0, 0.1) is 19.8 Å². The second-order valence-corrected chi connectivity index (χ2v) is 5.91. The van der Waals surface area contributed by atoms with Crippen LogP contribution in [0.1, 0.15) is 42.0 Å². The number of nitrogens with one attached hydrogen (secondary N) is 1. The molecular formula is C16H22N4O3. The lowest BCUT2D eigenvalue weighted by Crippen LogP contribution is -2.32. The monoisotopic (exact) mass is 318 g/mol. The summed E-state index contributed by atoms with van der Waals surface area (Å²) in [5.74, 6) is 1.75. The van der Waals surface area contributed by atoms with Gasteiger partial charge in [0.25, 0.3) is 0 Å². The van der Waals surface area contributed by atoms with E-state index < -0.39 is 0 Å². The summed E-state index contributed by atoms with van der Waals surface area (Å²) in [5.41, 5.74) is 1.49. The van der Waals surface area contributed by atoms with Crippen molar-refractivity contribution in [1.29, 1.82) is 0 Å². The Kier molecular flexibility index (Phi) is 4.88. The number of ether oxygens (including phenoxy) is 1. The van der Waals surface area contributed by atoms with Gasteiger partial charge in [-0.2, -0.15) is 4.98 Å². The number of pyridine rings is 1. The predicted octanol–water partition coefficient (Wildman–Crippen LogP) is 2.04. The molecule has 3 rings (SSSR count). The number of nitrogens with zero attached hydrogens (tertiary/aromatic N) is 3. The van der Waals surface area contributed by atoms with Crippen molar-refractivity contribution in [3.63, 3.8) is 0 Å². The van der Waals surface area contributed by atoms with E-state index in [0.717, 1.165) is 31.7 Å². The van der Waals surface area contributed by atoms with Crippen molar-refractivity contribution in [2.45, 2.75) is 39.3 Å². The lowest BCUT2D eigenvalue weighted by molar-refractivity contribution is 0.0484. The topological polar surface area (TPSA) is 93.3 Å². The number of aryl methyl sites for hydroxylation is 2. The minimum absolute atomic E-state index is 0.0678. The van der Waals surface area contributed by atoms with Crippen molar-refractivity contribution in [3.05, 3.63) is 35.2 Å². The first-order valence-corrected chi connectivity index (χ1v) is 7.90. The second-order valence-electron chi connectivity index (χ2n) is 5.91. The van der Waals surface area contributed by atoms with E-state index in [1.165, 1.54) is 0 Å². The highest BCUT2D eigenvalue weighted by molar-refractivity contribution is 5.27. The Hall–Kier alpha value is -1.99. The number of hydrogen-bond acceptors (Lipinski definition) is 7. The third-order valence-electron chi connectivity index (χ3n) is 4.13. The zero-order valence-electron chi connectivity index (χ0n) is 13.5. The van der Waals surface area contributed by atoms with Crippen LogP contribution in [-0.4, -0.2) is 33.4 Å². The van der Waals surface area contributed by atoms with Gasteiger partial charge in [-0.15, -0.1) is 0 Å². The van der Waals surface area contributed by atoms with E-state index in [1.807, 2.05) is 13.8 Å². The van der Waals surface area contributed by atoms with Gasteiger partial charge in [0.1, 0.15) is 5.75 Å². The van der Waals surface area contributed by atoms with E-state index in [9.17, 15) is 5.11 Å². The summed E-state index contributed by atoms with van der Waals surface area (Å²) in [4.78, 5) is 8.76. The average molecular weight is 318 g/mol. The van der Waals surface area contributed by atoms with Gasteiger partial charge in [-0.1, -0.05) is 5.16 Å². The molecule has 1 aliphatic rings. The van der Waals surface area contributed by atoms with Crippen LogP contribution in [0.25, 0.3) is 0 Å². The standard InChI is InChI=1S/C16H22N4O3/c1-10-3-4-14(21)13(18-10)9-17-15(12-5-7-22-8-6-12)16-19-11(2)20-23-16/h3-4,12,15,17,21H,5-9H2,1-2H3.